The van der Waals surface area contributed by atoms with Crippen LogP contribution in [-0.2, 0) is 14.9 Å². The van der Waals surface area contributed by atoms with E-state index in [1.807, 2.05) is 13.0 Å². The van der Waals surface area contributed by atoms with E-state index in [-0.39, 0.29) is 30.8 Å². The summed E-state index contributed by atoms with van der Waals surface area (Å²) in [7, 11) is 0. The number of carbonyl (C=O) groups excluding carboxylic acids is 2. The molecule has 7 heteroatoms. The number of rotatable bonds is 5. The Kier molecular flexibility index (Phi) is 4.79. The fourth-order valence-corrected chi connectivity index (χ4v) is 4.84. The van der Waals surface area contributed by atoms with Crippen molar-refractivity contribution < 1.29 is 23.1 Å². The number of ether oxygens (including phenoxy) is 1. The molecule has 2 atom stereocenters. The zero-order chi connectivity index (χ0) is 19.9. The summed E-state index contributed by atoms with van der Waals surface area (Å²) in [6.07, 6.45) is 1.67. The molecule has 2 aliphatic carbocycles. The van der Waals surface area contributed by atoms with Crippen molar-refractivity contribution in [3.05, 3.63) is 35.9 Å². The molecule has 1 aliphatic heterocycles. The number of amides is 2. The van der Waals surface area contributed by atoms with Crippen molar-refractivity contribution in [2.45, 2.75) is 50.0 Å². The lowest BCUT2D eigenvalue weighted by atomic mass is 9.78. The number of hydrogen-bond acceptors (Lipinski definition) is 3. The molecule has 1 heterocycles. The number of alkyl halides is 2. The summed E-state index contributed by atoms with van der Waals surface area (Å²) in [4.78, 5) is 25.9. The summed E-state index contributed by atoms with van der Waals surface area (Å²) in [5.74, 6) is -3.84. The molecule has 2 amide bonds. The van der Waals surface area contributed by atoms with E-state index < -0.39 is 23.3 Å². The van der Waals surface area contributed by atoms with Gasteiger partial charge in [0.25, 0.3) is 5.92 Å². The normalized spacial score (nSPS) is 32.7. The minimum absolute atomic E-state index is 0.0654. The van der Waals surface area contributed by atoms with Crippen molar-refractivity contribution in [1.29, 1.82) is 0 Å². The van der Waals surface area contributed by atoms with Gasteiger partial charge in [0.05, 0.1) is 17.9 Å². The zero-order valence-corrected chi connectivity index (χ0v) is 16.0. The van der Waals surface area contributed by atoms with Gasteiger partial charge in [0.2, 0.25) is 5.91 Å². The number of hydrogen-bond donors (Lipinski definition) is 1. The van der Waals surface area contributed by atoms with Crippen molar-refractivity contribution >= 4 is 12.0 Å². The van der Waals surface area contributed by atoms with Crippen LogP contribution >= 0.6 is 0 Å². The standard InChI is InChI=1S/C21H26F2N2O3/c1-2-10-28-19(27)24-16-11-14(12-16)18(26)25-9-8-20(15-6-4-3-5-7-15)17(13-25)21(20,22)23/h3-7,14,16-17H,2,8-13H2,1H3,(H,24,27)/t14-,16+,17?,20?. The number of piperidine rings is 1. The molecule has 1 saturated heterocycles. The molecule has 1 N–H and O–H groups in total. The third-order valence-electron chi connectivity index (χ3n) is 6.57. The highest BCUT2D eigenvalue weighted by atomic mass is 19.3. The highest BCUT2D eigenvalue weighted by Crippen LogP contribution is 2.70. The second kappa shape index (κ2) is 7.01. The molecule has 5 nitrogen and oxygen atoms in total. The predicted molar refractivity (Wildman–Crippen MR) is 99.0 cm³/mol. The van der Waals surface area contributed by atoms with Gasteiger partial charge in [-0.15, -0.1) is 0 Å². The molecular weight excluding hydrogens is 366 g/mol. The van der Waals surface area contributed by atoms with Gasteiger partial charge >= 0.3 is 6.09 Å². The summed E-state index contributed by atoms with van der Waals surface area (Å²) in [5.41, 5.74) is -0.437. The van der Waals surface area contributed by atoms with E-state index in [4.69, 9.17) is 4.74 Å². The van der Waals surface area contributed by atoms with Crippen LogP contribution in [0, 0.1) is 11.8 Å². The quantitative estimate of drug-likeness (QED) is 0.836. The molecular formula is C21H26F2N2O3. The molecule has 152 valence electrons. The van der Waals surface area contributed by atoms with E-state index in [9.17, 15) is 18.4 Å². The van der Waals surface area contributed by atoms with Crippen molar-refractivity contribution in [3.8, 4) is 0 Å². The molecule has 0 bridgehead atoms. The van der Waals surface area contributed by atoms with Gasteiger partial charge in [0.15, 0.2) is 0 Å². The Hall–Kier alpha value is -2.18. The first-order valence-electron chi connectivity index (χ1n) is 10.1. The average molecular weight is 392 g/mol. The zero-order valence-electron chi connectivity index (χ0n) is 16.0. The summed E-state index contributed by atoms with van der Waals surface area (Å²) >= 11 is 0. The Morgan fingerprint density at radius 1 is 1.25 bits per heavy atom. The molecule has 1 aromatic carbocycles. The maximum atomic E-state index is 14.7. The van der Waals surface area contributed by atoms with E-state index in [2.05, 4.69) is 5.32 Å². The van der Waals surface area contributed by atoms with E-state index in [0.29, 0.717) is 31.6 Å². The topological polar surface area (TPSA) is 58.6 Å². The fourth-order valence-electron chi connectivity index (χ4n) is 4.84. The first-order chi connectivity index (χ1) is 13.4. The molecule has 0 spiro atoms. The summed E-state index contributed by atoms with van der Waals surface area (Å²) in [5, 5.41) is 2.74. The second-order valence-electron chi connectivity index (χ2n) is 8.19. The van der Waals surface area contributed by atoms with Gasteiger partial charge < -0.3 is 15.0 Å². The number of fused-ring (bicyclic) bond motifs is 1. The minimum atomic E-state index is -2.77. The highest BCUT2D eigenvalue weighted by Gasteiger charge is 2.81. The first kappa shape index (κ1) is 19.2. The predicted octanol–water partition coefficient (Wildman–Crippen LogP) is 3.34. The van der Waals surface area contributed by atoms with Gasteiger partial charge in [-0.25, -0.2) is 13.6 Å². The summed E-state index contributed by atoms with van der Waals surface area (Å²) in [6.45, 7) is 2.74. The van der Waals surface area contributed by atoms with Crippen LogP contribution in [0.2, 0.25) is 0 Å². The van der Waals surface area contributed by atoms with Gasteiger partial charge in [0.1, 0.15) is 0 Å². The van der Waals surface area contributed by atoms with Crippen LogP contribution in [0.4, 0.5) is 13.6 Å². The summed E-state index contributed by atoms with van der Waals surface area (Å²) in [6, 6.07) is 8.87. The second-order valence-corrected chi connectivity index (χ2v) is 8.19. The molecule has 2 saturated carbocycles. The van der Waals surface area contributed by atoms with Gasteiger partial charge in [0, 0.05) is 25.0 Å². The van der Waals surface area contributed by atoms with Gasteiger partial charge in [-0.1, -0.05) is 37.3 Å². The van der Waals surface area contributed by atoms with Crippen molar-refractivity contribution in [1.82, 2.24) is 10.2 Å². The number of nitrogens with one attached hydrogen (secondary N) is 1. The van der Waals surface area contributed by atoms with Gasteiger partial charge in [-0.3, -0.25) is 4.79 Å². The third kappa shape index (κ3) is 2.95. The van der Waals surface area contributed by atoms with Crippen LogP contribution in [0.15, 0.2) is 30.3 Å². The molecule has 3 aliphatic rings. The number of nitrogens with zero attached hydrogens (tertiary/aromatic N) is 1. The fraction of sp³-hybridized carbons (Fsp3) is 0.619. The number of likely N-dealkylation sites (tertiary alicyclic amines) is 1. The average Bonchev–Trinajstić information content (AvgIpc) is 3.18. The van der Waals surface area contributed by atoms with E-state index in [1.165, 1.54) is 0 Å². The van der Waals surface area contributed by atoms with Crippen molar-refractivity contribution in [3.63, 3.8) is 0 Å². The Morgan fingerprint density at radius 2 is 1.96 bits per heavy atom. The molecule has 3 fully saturated rings. The first-order valence-corrected chi connectivity index (χ1v) is 10.1. The smallest absolute Gasteiger partial charge is 0.407 e. The third-order valence-corrected chi connectivity index (χ3v) is 6.57. The van der Waals surface area contributed by atoms with Crippen LogP contribution in [-0.4, -0.2) is 48.6 Å². The monoisotopic (exact) mass is 392 g/mol. The summed E-state index contributed by atoms with van der Waals surface area (Å²) < 4.78 is 34.3. The lowest BCUT2D eigenvalue weighted by Gasteiger charge is -2.39. The Balaban J connectivity index is 1.31. The van der Waals surface area contributed by atoms with Crippen LogP contribution < -0.4 is 5.32 Å². The highest BCUT2D eigenvalue weighted by molar-refractivity contribution is 5.81. The number of benzene rings is 1. The van der Waals surface area contributed by atoms with E-state index in [1.54, 1.807) is 29.2 Å². The number of carbonyl (C=O) groups is 2. The number of alkyl carbamates (subject to hydrolysis) is 1. The molecule has 4 rings (SSSR count). The van der Waals surface area contributed by atoms with Gasteiger partial charge in [-0.2, -0.15) is 0 Å². The lowest BCUT2D eigenvalue weighted by molar-refractivity contribution is -0.140. The largest absolute Gasteiger partial charge is 0.450 e. The van der Waals surface area contributed by atoms with Gasteiger partial charge in [-0.05, 0) is 31.2 Å². The van der Waals surface area contributed by atoms with Crippen molar-refractivity contribution in [2.75, 3.05) is 19.7 Å². The van der Waals surface area contributed by atoms with Crippen LogP contribution in [0.25, 0.3) is 0 Å². The lowest BCUT2D eigenvalue weighted by Crippen LogP contribution is -2.52. The maximum absolute atomic E-state index is 14.7. The molecule has 0 radical (unpaired) electrons. The molecule has 2 unspecified atom stereocenters. The Bertz CT molecular complexity index is 751. The van der Waals surface area contributed by atoms with Crippen molar-refractivity contribution in [2.24, 2.45) is 11.8 Å². The molecule has 1 aromatic rings. The molecule has 0 aromatic heterocycles. The van der Waals surface area contributed by atoms with E-state index in [0.717, 1.165) is 6.42 Å². The minimum Gasteiger partial charge on any atom is -0.450 e. The molecule has 28 heavy (non-hydrogen) atoms. The number of halogens is 2. The van der Waals surface area contributed by atoms with Crippen LogP contribution in [0.5, 0.6) is 0 Å². The Morgan fingerprint density at radius 3 is 2.61 bits per heavy atom. The Labute approximate surface area is 163 Å². The van der Waals surface area contributed by atoms with E-state index >= 15 is 0 Å². The maximum Gasteiger partial charge on any atom is 0.407 e. The SMILES string of the molecule is CCCOC(=O)N[C@H]1C[C@@H](C(=O)N2CCC3(c4ccccc4)C(C2)C3(F)F)C1. The van der Waals surface area contributed by atoms with Crippen LogP contribution in [0.1, 0.15) is 38.2 Å². The van der Waals surface area contributed by atoms with Crippen LogP contribution in [0.3, 0.4) is 0 Å².